The van der Waals surface area contributed by atoms with Crippen LogP contribution in [0.15, 0.2) is 22.9 Å². The monoisotopic (exact) mass is 332 g/mol. The zero-order valence-corrected chi connectivity index (χ0v) is 14.3. The van der Waals surface area contributed by atoms with Crippen molar-refractivity contribution in [3.63, 3.8) is 0 Å². The van der Waals surface area contributed by atoms with Gasteiger partial charge in [0, 0.05) is 38.9 Å². The Balaban J connectivity index is 1.56. The molecule has 2 aromatic rings. The van der Waals surface area contributed by atoms with Gasteiger partial charge < -0.3 is 14.2 Å². The molecule has 1 saturated heterocycles. The summed E-state index contributed by atoms with van der Waals surface area (Å²) in [6, 6.07) is 4.36. The maximum atomic E-state index is 5.34. The van der Waals surface area contributed by atoms with Gasteiger partial charge in [0.2, 0.25) is 5.89 Å². The van der Waals surface area contributed by atoms with Gasteiger partial charge >= 0.3 is 0 Å². The maximum Gasteiger partial charge on any atom is 0.240 e. The van der Waals surface area contributed by atoms with E-state index >= 15 is 0 Å². The molecule has 24 heavy (non-hydrogen) atoms. The molecule has 0 aromatic carbocycles. The predicted octanol–water partition coefficient (Wildman–Crippen LogP) is 1.15. The van der Waals surface area contributed by atoms with Gasteiger partial charge in [-0.2, -0.15) is 10.1 Å². The standard InChI is InChI=1S/C16H24N6O2/c1-21(12-16-18-14(20-24-16)7-10-23-2)13-5-4-9-22(11-13)15-6-3-8-17-19-15/h3,6,8,13H,4-5,7,9-12H2,1-2H3/t13-/m1/s1. The SMILES string of the molecule is COCCc1noc(CN(C)[C@@H]2CCCN(c3cccnn3)C2)n1. The van der Waals surface area contributed by atoms with Gasteiger partial charge in [0.1, 0.15) is 0 Å². The molecule has 0 aliphatic carbocycles. The molecule has 0 amide bonds. The van der Waals surface area contributed by atoms with Crippen molar-refractivity contribution >= 4 is 5.82 Å². The highest BCUT2D eigenvalue weighted by molar-refractivity contribution is 5.37. The summed E-state index contributed by atoms with van der Waals surface area (Å²) < 4.78 is 10.4. The number of likely N-dealkylation sites (N-methyl/N-ethyl adjacent to an activating group) is 1. The molecular formula is C16H24N6O2. The third-order valence-corrected chi connectivity index (χ3v) is 4.33. The first-order chi connectivity index (χ1) is 11.8. The van der Waals surface area contributed by atoms with E-state index in [-0.39, 0.29) is 0 Å². The summed E-state index contributed by atoms with van der Waals surface area (Å²) in [7, 11) is 3.77. The van der Waals surface area contributed by atoms with E-state index in [1.54, 1.807) is 13.3 Å². The van der Waals surface area contributed by atoms with Gasteiger partial charge in [-0.3, -0.25) is 4.90 Å². The molecule has 0 unspecified atom stereocenters. The number of methoxy groups -OCH3 is 1. The van der Waals surface area contributed by atoms with Gasteiger partial charge in [0.05, 0.1) is 13.2 Å². The van der Waals surface area contributed by atoms with Crippen LogP contribution in [0.2, 0.25) is 0 Å². The van der Waals surface area contributed by atoms with E-state index in [1.807, 2.05) is 12.1 Å². The summed E-state index contributed by atoms with van der Waals surface area (Å²) in [6.07, 6.45) is 4.66. The van der Waals surface area contributed by atoms with Crippen LogP contribution in [0.4, 0.5) is 5.82 Å². The van der Waals surface area contributed by atoms with Crippen molar-refractivity contribution in [3.8, 4) is 0 Å². The zero-order chi connectivity index (χ0) is 16.8. The molecule has 130 valence electrons. The average molecular weight is 332 g/mol. The molecular weight excluding hydrogens is 308 g/mol. The molecule has 0 radical (unpaired) electrons. The fraction of sp³-hybridized carbons (Fsp3) is 0.625. The molecule has 3 rings (SSSR count). The van der Waals surface area contributed by atoms with Gasteiger partial charge in [-0.15, -0.1) is 5.10 Å². The molecule has 0 spiro atoms. The van der Waals surface area contributed by atoms with Gasteiger partial charge in [-0.25, -0.2) is 0 Å². The lowest BCUT2D eigenvalue weighted by Gasteiger charge is -2.37. The Morgan fingerprint density at radius 3 is 3.17 bits per heavy atom. The first-order valence-electron chi connectivity index (χ1n) is 8.29. The molecule has 8 heteroatoms. The Morgan fingerprint density at radius 2 is 2.38 bits per heavy atom. The second-order valence-electron chi connectivity index (χ2n) is 6.09. The highest BCUT2D eigenvalue weighted by Gasteiger charge is 2.25. The second-order valence-corrected chi connectivity index (χ2v) is 6.09. The summed E-state index contributed by atoms with van der Waals surface area (Å²) in [5.41, 5.74) is 0. The van der Waals surface area contributed by atoms with Gasteiger partial charge in [0.25, 0.3) is 0 Å². The maximum absolute atomic E-state index is 5.34. The van der Waals surface area contributed by atoms with E-state index in [1.165, 1.54) is 0 Å². The summed E-state index contributed by atoms with van der Waals surface area (Å²) in [5, 5.41) is 12.2. The minimum absolute atomic E-state index is 0.426. The molecule has 1 atom stereocenters. The molecule has 0 N–H and O–H groups in total. The van der Waals surface area contributed by atoms with Crippen molar-refractivity contribution in [1.82, 2.24) is 25.2 Å². The van der Waals surface area contributed by atoms with E-state index in [4.69, 9.17) is 9.26 Å². The molecule has 3 heterocycles. The van der Waals surface area contributed by atoms with E-state index < -0.39 is 0 Å². The third-order valence-electron chi connectivity index (χ3n) is 4.33. The van der Waals surface area contributed by atoms with Crippen LogP contribution in [-0.2, 0) is 17.7 Å². The molecule has 8 nitrogen and oxygen atoms in total. The van der Waals surface area contributed by atoms with Crippen LogP contribution in [-0.4, -0.2) is 65.1 Å². The minimum atomic E-state index is 0.426. The van der Waals surface area contributed by atoms with Crippen molar-refractivity contribution < 1.29 is 9.26 Å². The molecule has 1 fully saturated rings. The normalized spacial score (nSPS) is 18.3. The Labute approximate surface area is 141 Å². The number of piperidine rings is 1. The fourth-order valence-electron chi connectivity index (χ4n) is 2.98. The van der Waals surface area contributed by atoms with E-state index in [0.717, 1.165) is 31.7 Å². The molecule has 0 bridgehead atoms. The molecule has 1 aliphatic rings. The van der Waals surface area contributed by atoms with Crippen LogP contribution in [0, 0.1) is 0 Å². The van der Waals surface area contributed by atoms with Crippen LogP contribution in [0.1, 0.15) is 24.6 Å². The number of aromatic nitrogens is 4. The number of nitrogens with zero attached hydrogens (tertiary/aromatic N) is 6. The lowest BCUT2D eigenvalue weighted by molar-refractivity contribution is 0.183. The van der Waals surface area contributed by atoms with E-state index in [2.05, 4.69) is 37.2 Å². The number of anilines is 1. The average Bonchev–Trinajstić information content (AvgIpc) is 3.08. The van der Waals surface area contributed by atoms with Crippen LogP contribution in [0.25, 0.3) is 0 Å². The largest absolute Gasteiger partial charge is 0.384 e. The summed E-state index contributed by atoms with van der Waals surface area (Å²) in [5.74, 6) is 2.29. The molecule has 2 aromatic heterocycles. The van der Waals surface area contributed by atoms with Crippen molar-refractivity contribution in [1.29, 1.82) is 0 Å². The number of hydrogen-bond donors (Lipinski definition) is 0. The number of ether oxygens (including phenoxy) is 1. The Morgan fingerprint density at radius 1 is 1.46 bits per heavy atom. The minimum Gasteiger partial charge on any atom is -0.384 e. The lowest BCUT2D eigenvalue weighted by atomic mass is 10.0. The summed E-state index contributed by atoms with van der Waals surface area (Å²) in [6.45, 7) is 3.20. The number of hydrogen-bond acceptors (Lipinski definition) is 8. The highest BCUT2D eigenvalue weighted by Crippen LogP contribution is 2.20. The Kier molecular flexibility index (Phi) is 5.71. The molecule has 0 saturated carbocycles. The first kappa shape index (κ1) is 16.8. The zero-order valence-electron chi connectivity index (χ0n) is 14.3. The van der Waals surface area contributed by atoms with Crippen LogP contribution >= 0.6 is 0 Å². The fourth-order valence-corrected chi connectivity index (χ4v) is 2.98. The second kappa shape index (κ2) is 8.16. The van der Waals surface area contributed by atoms with Crippen LogP contribution in [0.5, 0.6) is 0 Å². The smallest absolute Gasteiger partial charge is 0.240 e. The first-order valence-corrected chi connectivity index (χ1v) is 8.29. The molecule has 1 aliphatic heterocycles. The van der Waals surface area contributed by atoms with Crippen LogP contribution < -0.4 is 4.90 Å². The highest BCUT2D eigenvalue weighted by atomic mass is 16.5. The van der Waals surface area contributed by atoms with Gasteiger partial charge in [-0.1, -0.05) is 5.16 Å². The van der Waals surface area contributed by atoms with Crippen molar-refractivity contribution in [2.75, 3.05) is 38.8 Å². The lowest BCUT2D eigenvalue weighted by Crippen LogP contribution is -2.46. The van der Waals surface area contributed by atoms with Crippen molar-refractivity contribution in [2.45, 2.75) is 31.8 Å². The third kappa shape index (κ3) is 4.27. The number of rotatable bonds is 7. The van der Waals surface area contributed by atoms with E-state index in [0.29, 0.717) is 37.3 Å². The van der Waals surface area contributed by atoms with E-state index in [9.17, 15) is 0 Å². The topological polar surface area (TPSA) is 80.4 Å². The predicted molar refractivity (Wildman–Crippen MR) is 88.6 cm³/mol. The quantitative estimate of drug-likeness (QED) is 0.747. The summed E-state index contributed by atoms with van der Waals surface area (Å²) in [4.78, 5) is 8.99. The Hall–Kier alpha value is -2.06. The summed E-state index contributed by atoms with van der Waals surface area (Å²) >= 11 is 0. The van der Waals surface area contributed by atoms with Gasteiger partial charge in [-0.05, 0) is 32.0 Å². The van der Waals surface area contributed by atoms with Gasteiger partial charge in [0.15, 0.2) is 11.6 Å². The van der Waals surface area contributed by atoms with Crippen molar-refractivity contribution in [3.05, 3.63) is 30.0 Å². The van der Waals surface area contributed by atoms with Crippen LogP contribution in [0.3, 0.4) is 0 Å². The van der Waals surface area contributed by atoms with Crippen molar-refractivity contribution in [2.24, 2.45) is 0 Å². The Bertz CT molecular complexity index is 620.